The van der Waals surface area contributed by atoms with Crippen LogP contribution in [0.3, 0.4) is 0 Å². The van der Waals surface area contributed by atoms with E-state index in [2.05, 4.69) is 5.32 Å². The van der Waals surface area contributed by atoms with Crippen molar-refractivity contribution in [2.75, 3.05) is 16.8 Å². The third kappa shape index (κ3) is 4.92. The number of fused-ring (bicyclic) bond motifs is 2. The minimum atomic E-state index is -0.735. The van der Waals surface area contributed by atoms with Gasteiger partial charge in [-0.15, -0.1) is 11.3 Å². The van der Waals surface area contributed by atoms with Gasteiger partial charge in [-0.25, -0.2) is 9.69 Å². The number of aromatic nitrogens is 1. The van der Waals surface area contributed by atoms with E-state index in [-0.39, 0.29) is 29.8 Å². The number of carbonyl (C=O) groups is 4. The van der Waals surface area contributed by atoms with Crippen LogP contribution >= 0.6 is 34.4 Å². The molecule has 1 saturated heterocycles. The Hall–Kier alpha value is -4.00. The molecule has 4 aromatic rings. The van der Waals surface area contributed by atoms with Crippen LogP contribution in [0.4, 0.5) is 11.4 Å². The fraction of sp³-hybridized carbons (Fsp3) is 0.207. The summed E-state index contributed by atoms with van der Waals surface area (Å²) < 4.78 is 6.37. The molecule has 3 atom stereocenters. The molecule has 2 aromatic heterocycles. The van der Waals surface area contributed by atoms with Crippen molar-refractivity contribution < 1.29 is 23.9 Å². The van der Waals surface area contributed by atoms with E-state index in [4.69, 9.17) is 4.74 Å². The molecule has 1 fully saturated rings. The van der Waals surface area contributed by atoms with Crippen LogP contribution in [-0.2, 0) is 25.7 Å². The third-order valence-corrected chi connectivity index (χ3v) is 10.5. The van der Waals surface area contributed by atoms with Crippen molar-refractivity contribution in [2.45, 2.75) is 29.7 Å². The molecule has 3 unspecified atom stereocenters. The van der Waals surface area contributed by atoms with Gasteiger partial charge in [-0.1, -0.05) is 47.4 Å². The van der Waals surface area contributed by atoms with Gasteiger partial charge in [0.2, 0.25) is 17.7 Å². The number of nitrogens with zero attached hydrogens (tertiary/aromatic N) is 2. The summed E-state index contributed by atoms with van der Waals surface area (Å²) in [6.45, 7) is 1.71. The number of esters is 1. The van der Waals surface area contributed by atoms with Crippen LogP contribution in [0.25, 0.3) is 0 Å². The molecule has 41 heavy (non-hydrogen) atoms. The average molecular weight is 606 g/mol. The monoisotopic (exact) mass is 605 g/mol. The summed E-state index contributed by atoms with van der Waals surface area (Å²) >= 11 is 3.66. The Morgan fingerprint density at radius 3 is 2.39 bits per heavy atom. The highest BCUT2D eigenvalue weighted by Gasteiger charge is 2.57. The molecular formula is C29H23N3O6S3. The highest BCUT2D eigenvalue weighted by Crippen LogP contribution is 2.54. The first-order valence-corrected chi connectivity index (χ1v) is 15.4. The molecule has 2 aliphatic rings. The number of carbonyl (C=O) groups excluding carboxylic acids is 4. The van der Waals surface area contributed by atoms with Gasteiger partial charge in [0, 0.05) is 21.4 Å². The lowest BCUT2D eigenvalue weighted by atomic mass is 9.87. The largest absolute Gasteiger partial charge is 0.462 e. The van der Waals surface area contributed by atoms with E-state index in [1.54, 1.807) is 55.5 Å². The number of nitrogens with one attached hydrogen (secondary N) is 1. The van der Waals surface area contributed by atoms with E-state index in [1.807, 2.05) is 23.6 Å². The lowest BCUT2D eigenvalue weighted by molar-refractivity contribution is -0.122. The molecule has 0 spiro atoms. The third-order valence-electron chi connectivity index (χ3n) is 6.89. The van der Waals surface area contributed by atoms with Gasteiger partial charge in [0.15, 0.2) is 0 Å². The molecule has 0 saturated carbocycles. The van der Waals surface area contributed by atoms with Gasteiger partial charge in [0.05, 0.1) is 28.8 Å². The Kier molecular flexibility index (Phi) is 7.37. The molecular weight excluding hydrogens is 583 g/mol. The lowest BCUT2D eigenvalue weighted by Crippen LogP contribution is -2.32. The van der Waals surface area contributed by atoms with Crippen LogP contribution in [-0.4, -0.2) is 40.1 Å². The van der Waals surface area contributed by atoms with E-state index < -0.39 is 29.0 Å². The zero-order valence-corrected chi connectivity index (χ0v) is 24.1. The molecule has 0 bridgehead atoms. The number of thiazole rings is 1. The van der Waals surface area contributed by atoms with Crippen LogP contribution in [0.15, 0.2) is 81.9 Å². The van der Waals surface area contributed by atoms with Gasteiger partial charge < -0.3 is 10.1 Å². The standard InChI is InChI=1S/C29H23N3O6S3/c1-2-38-28(36)16-10-12-17(13-11-16)30-20(33)15-31-27-24(41-29(31)37)21(19-9-6-14-39-19)22-23(40-27)26(35)32(25(22)34)18-7-4-3-5-8-18/h3-14,21-23H,2,15H2,1H3,(H,30,33). The molecule has 208 valence electrons. The van der Waals surface area contributed by atoms with E-state index >= 15 is 0 Å². The van der Waals surface area contributed by atoms with E-state index in [0.29, 0.717) is 26.8 Å². The van der Waals surface area contributed by atoms with Gasteiger partial charge in [0.1, 0.15) is 11.8 Å². The molecule has 6 rings (SSSR count). The van der Waals surface area contributed by atoms with Crippen LogP contribution < -0.4 is 15.1 Å². The zero-order chi connectivity index (χ0) is 28.7. The van der Waals surface area contributed by atoms with Gasteiger partial charge in [0.25, 0.3) is 0 Å². The van der Waals surface area contributed by atoms with Crippen LogP contribution in [0, 0.1) is 5.92 Å². The Labute approximate surface area is 246 Å². The van der Waals surface area contributed by atoms with Gasteiger partial charge in [-0.05, 0) is 54.8 Å². The normalized spacial score (nSPS) is 19.5. The van der Waals surface area contributed by atoms with Crippen molar-refractivity contribution in [3.63, 3.8) is 0 Å². The number of hydrogen-bond donors (Lipinski definition) is 1. The minimum absolute atomic E-state index is 0.258. The first-order chi connectivity index (χ1) is 19.9. The van der Waals surface area contributed by atoms with E-state index in [1.165, 1.54) is 32.6 Å². The smallest absolute Gasteiger partial charge is 0.338 e. The number of anilines is 2. The summed E-state index contributed by atoms with van der Waals surface area (Å²) in [5, 5.41) is 4.46. The maximum absolute atomic E-state index is 13.8. The number of rotatable bonds is 7. The Morgan fingerprint density at radius 1 is 0.951 bits per heavy atom. The molecule has 3 amide bonds. The fourth-order valence-electron chi connectivity index (χ4n) is 5.11. The van der Waals surface area contributed by atoms with Crippen molar-refractivity contribution in [3.8, 4) is 0 Å². The van der Waals surface area contributed by atoms with Gasteiger partial charge >= 0.3 is 10.8 Å². The number of benzene rings is 2. The second-order valence-electron chi connectivity index (χ2n) is 9.37. The summed E-state index contributed by atoms with van der Waals surface area (Å²) in [7, 11) is 0. The molecule has 0 aliphatic carbocycles. The zero-order valence-electron chi connectivity index (χ0n) is 21.6. The maximum Gasteiger partial charge on any atom is 0.338 e. The Morgan fingerprint density at radius 2 is 1.71 bits per heavy atom. The van der Waals surface area contributed by atoms with Crippen LogP contribution in [0.1, 0.15) is 33.0 Å². The SMILES string of the molecule is CCOC(=O)c1ccc(NC(=O)Cn2c3c(sc2=O)C(c2cccs2)C2C(=O)N(c4ccccc4)C(=O)C2S3)cc1. The molecule has 2 aliphatic heterocycles. The predicted molar refractivity (Wildman–Crippen MR) is 158 cm³/mol. The van der Waals surface area contributed by atoms with Crippen LogP contribution in [0.5, 0.6) is 0 Å². The highest BCUT2D eigenvalue weighted by atomic mass is 32.2. The number of para-hydroxylation sites is 1. The number of ether oxygens (including phenoxy) is 1. The number of thiophene rings is 1. The van der Waals surface area contributed by atoms with Gasteiger partial charge in [-0.3, -0.25) is 23.7 Å². The van der Waals surface area contributed by atoms with Crippen LogP contribution in [0.2, 0.25) is 0 Å². The molecule has 9 nitrogen and oxygen atoms in total. The molecule has 12 heteroatoms. The molecule has 2 aromatic carbocycles. The Bertz CT molecular complexity index is 1700. The van der Waals surface area contributed by atoms with E-state index in [0.717, 1.165) is 16.2 Å². The highest BCUT2D eigenvalue weighted by molar-refractivity contribution is 8.00. The van der Waals surface area contributed by atoms with Crippen molar-refractivity contribution in [2.24, 2.45) is 5.92 Å². The summed E-state index contributed by atoms with van der Waals surface area (Å²) in [5.41, 5.74) is 1.33. The first kappa shape index (κ1) is 27.2. The topological polar surface area (TPSA) is 115 Å². The average Bonchev–Trinajstić information content (AvgIpc) is 3.67. The Balaban J connectivity index is 1.30. The second kappa shape index (κ2) is 11.1. The quantitative estimate of drug-likeness (QED) is 0.242. The van der Waals surface area contributed by atoms with E-state index in [9.17, 15) is 24.0 Å². The van der Waals surface area contributed by atoms with Crippen molar-refractivity contribution >= 4 is 69.5 Å². The molecule has 4 heterocycles. The van der Waals surface area contributed by atoms with Crippen molar-refractivity contribution in [1.82, 2.24) is 4.57 Å². The molecule has 0 radical (unpaired) electrons. The van der Waals surface area contributed by atoms with Crippen molar-refractivity contribution in [3.05, 3.63) is 97.1 Å². The number of amides is 3. The number of hydrogen-bond acceptors (Lipinski definition) is 9. The summed E-state index contributed by atoms with van der Waals surface area (Å²) in [4.78, 5) is 68.1. The summed E-state index contributed by atoms with van der Waals surface area (Å²) in [6.07, 6.45) is 0. The summed E-state index contributed by atoms with van der Waals surface area (Å²) in [5.74, 6) is -2.66. The van der Waals surface area contributed by atoms with Crippen molar-refractivity contribution in [1.29, 1.82) is 0 Å². The summed E-state index contributed by atoms with van der Waals surface area (Å²) in [6, 6.07) is 18.9. The van der Waals surface area contributed by atoms with Gasteiger partial charge in [-0.2, -0.15) is 0 Å². The predicted octanol–water partition coefficient (Wildman–Crippen LogP) is 4.58. The molecule has 1 N–H and O–H groups in total. The lowest BCUT2D eigenvalue weighted by Gasteiger charge is -2.29. The maximum atomic E-state index is 13.8. The number of imide groups is 1. The first-order valence-electron chi connectivity index (χ1n) is 12.8. The second-order valence-corrected chi connectivity index (χ2v) is 12.5. The number of thioether (sulfide) groups is 1. The minimum Gasteiger partial charge on any atom is -0.462 e. The fourth-order valence-corrected chi connectivity index (χ4v) is 8.83.